The molecule has 0 atom stereocenters. The smallest absolute Gasteiger partial charge is 0.168 e. The molecule has 0 spiro atoms. The molecular formula is C21H26N2O. The highest BCUT2D eigenvalue weighted by molar-refractivity contribution is 6.05. The molecule has 0 amide bonds. The van der Waals surface area contributed by atoms with E-state index in [1.165, 1.54) is 24.0 Å². The predicted molar refractivity (Wildman–Crippen MR) is 96.4 cm³/mol. The first-order valence-corrected chi connectivity index (χ1v) is 9.30. The van der Waals surface area contributed by atoms with Gasteiger partial charge in [0.05, 0.1) is 18.0 Å². The molecule has 3 nitrogen and oxygen atoms in total. The Morgan fingerprint density at radius 3 is 2.54 bits per heavy atom. The summed E-state index contributed by atoms with van der Waals surface area (Å²) in [7, 11) is 0. The Balaban J connectivity index is 1.62. The number of Topliss-reactive ketones (excluding diaryl/α,β-unsaturated/α-hetero) is 1. The third kappa shape index (κ3) is 2.70. The number of nitrogens with zero attached hydrogens (tertiary/aromatic N) is 2. The number of pyridine rings is 1. The molecule has 2 aromatic rings. The van der Waals surface area contributed by atoms with Gasteiger partial charge in [0.15, 0.2) is 5.78 Å². The monoisotopic (exact) mass is 322 g/mol. The highest BCUT2D eigenvalue weighted by Gasteiger charge is 2.34. The maximum Gasteiger partial charge on any atom is 0.168 e. The van der Waals surface area contributed by atoms with Crippen LogP contribution >= 0.6 is 0 Å². The van der Waals surface area contributed by atoms with E-state index in [1.807, 2.05) is 10.6 Å². The Labute approximate surface area is 143 Å². The summed E-state index contributed by atoms with van der Waals surface area (Å²) in [5, 5.41) is 0. The number of hydrogen-bond acceptors (Lipinski definition) is 2. The van der Waals surface area contributed by atoms with Crippen LogP contribution in [-0.2, 0) is 0 Å². The lowest BCUT2D eigenvalue weighted by molar-refractivity contribution is 0.0878. The zero-order valence-corrected chi connectivity index (χ0v) is 14.7. The lowest BCUT2D eigenvalue weighted by Gasteiger charge is -2.29. The number of rotatable bonds is 4. The van der Waals surface area contributed by atoms with Crippen molar-refractivity contribution in [3.63, 3.8) is 0 Å². The van der Waals surface area contributed by atoms with Crippen molar-refractivity contribution in [3.05, 3.63) is 47.6 Å². The molecule has 0 unspecified atom stereocenters. The van der Waals surface area contributed by atoms with Crippen LogP contribution in [0.15, 0.2) is 36.4 Å². The highest BCUT2D eigenvalue weighted by Crippen LogP contribution is 2.44. The molecule has 0 N–H and O–H groups in total. The van der Waals surface area contributed by atoms with Gasteiger partial charge in [-0.2, -0.15) is 0 Å². The predicted octanol–water partition coefficient (Wildman–Crippen LogP) is 5.17. The van der Waals surface area contributed by atoms with Crippen LogP contribution in [0.2, 0.25) is 0 Å². The third-order valence-corrected chi connectivity index (χ3v) is 6.09. The van der Waals surface area contributed by atoms with E-state index in [2.05, 4.69) is 37.2 Å². The molecule has 2 heterocycles. The van der Waals surface area contributed by atoms with E-state index in [4.69, 9.17) is 0 Å². The van der Waals surface area contributed by atoms with Crippen LogP contribution in [0.3, 0.4) is 0 Å². The Morgan fingerprint density at radius 1 is 1.17 bits per heavy atom. The molecule has 2 fully saturated rings. The van der Waals surface area contributed by atoms with Gasteiger partial charge < -0.3 is 4.40 Å². The SMILES string of the molecule is C/C=C(\C)C1CCC(C(=O)c2c(C3CC3)ccn3cncc23)CC1. The molecule has 2 aliphatic carbocycles. The summed E-state index contributed by atoms with van der Waals surface area (Å²) in [6, 6.07) is 2.15. The summed E-state index contributed by atoms with van der Waals surface area (Å²) in [6.07, 6.45) is 14.7. The van der Waals surface area contributed by atoms with Gasteiger partial charge in [-0.3, -0.25) is 4.79 Å². The fourth-order valence-electron chi connectivity index (χ4n) is 4.26. The standard InChI is InChI=1S/C21H26N2O/c1-3-14(2)15-4-8-17(9-5-15)21(24)20-18(16-6-7-16)10-11-23-13-22-12-19(20)23/h3,10-13,15-17H,4-9H2,1-2H3/b14-3+. The van der Waals surface area contributed by atoms with E-state index in [1.54, 1.807) is 6.33 Å². The number of allylic oxidation sites excluding steroid dienone is 2. The molecule has 126 valence electrons. The van der Waals surface area contributed by atoms with E-state index in [-0.39, 0.29) is 5.92 Å². The molecule has 2 aliphatic rings. The second-order valence-corrected chi connectivity index (χ2v) is 7.55. The molecule has 24 heavy (non-hydrogen) atoms. The lowest BCUT2D eigenvalue weighted by Crippen LogP contribution is -2.23. The summed E-state index contributed by atoms with van der Waals surface area (Å²) in [4.78, 5) is 17.6. The van der Waals surface area contributed by atoms with Crippen molar-refractivity contribution in [3.8, 4) is 0 Å². The molecule has 2 aromatic heterocycles. The number of aromatic nitrogens is 2. The number of fused-ring (bicyclic) bond motifs is 1. The third-order valence-electron chi connectivity index (χ3n) is 6.09. The molecule has 0 bridgehead atoms. The van der Waals surface area contributed by atoms with Crippen molar-refractivity contribution < 1.29 is 4.79 Å². The van der Waals surface area contributed by atoms with Crippen LogP contribution in [-0.4, -0.2) is 15.2 Å². The summed E-state index contributed by atoms with van der Waals surface area (Å²) in [5.41, 5.74) is 4.71. The van der Waals surface area contributed by atoms with Gasteiger partial charge in [0.1, 0.15) is 0 Å². The number of hydrogen-bond donors (Lipinski definition) is 0. The Kier molecular flexibility index (Phi) is 4.03. The van der Waals surface area contributed by atoms with E-state index >= 15 is 0 Å². The summed E-state index contributed by atoms with van der Waals surface area (Å²) in [6.45, 7) is 4.35. The van der Waals surface area contributed by atoms with Crippen LogP contribution in [0.25, 0.3) is 5.52 Å². The van der Waals surface area contributed by atoms with Crippen molar-refractivity contribution in [1.82, 2.24) is 9.38 Å². The largest absolute Gasteiger partial charge is 0.306 e. The number of ketones is 1. The second kappa shape index (κ2) is 6.19. The van der Waals surface area contributed by atoms with Crippen molar-refractivity contribution in [2.24, 2.45) is 11.8 Å². The Bertz CT molecular complexity index is 789. The fraction of sp³-hybridized carbons (Fsp3) is 0.524. The van der Waals surface area contributed by atoms with E-state index in [9.17, 15) is 4.79 Å². The quantitative estimate of drug-likeness (QED) is 0.575. The molecule has 0 aliphatic heterocycles. The van der Waals surface area contributed by atoms with Crippen molar-refractivity contribution in [1.29, 1.82) is 0 Å². The van der Waals surface area contributed by atoms with Gasteiger partial charge in [-0.1, -0.05) is 11.6 Å². The topological polar surface area (TPSA) is 34.4 Å². The Morgan fingerprint density at radius 2 is 1.88 bits per heavy atom. The molecular weight excluding hydrogens is 296 g/mol. The van der Waals surface area contributed by atoms with Crippen LogP contribution in [0, 0.1) is 11.8 Å². The summed E-state index contributed by atoms with van der Waals surface area (Å²) in [5.74, 6) is 1.81. The first-order valence-electron chi connectivity index (χ1n) is 9.30. The average molecular weight is 322 g/mol. The van der Waals surface area contributed by atoms with Crippen LogP contribution in [0.1, 0.15) is 74.2 Å². The van der Waals surface area contributed by atoms with Crippen molar-refractivity contribution >= 4 is 11.3 Å². The molecule has 0 aromatic carbocycles. The maximum atomic E-state index is 13.4. The van der Waals surface area contributed by atoms with Gasteiger partial charge in [0.2, 0.25) is 0 Å². The van der Waals surface area contributed by atoms with E-state index in [0.717, 1.165) is 36.8 Å². The molecule has 0 radical (unpaired) electrons. The number of carbonyl (C=O) groups excluding carboxylic acids is 1. The number of imidazole rings is 1. The summed E-state index contributed by atoms with van der Waals surface area (Å²) < 4.78 is 1.99. The first kappa shape index (κ1) is 15.6. The van der Waals surface area contributed by atoms with E-state index < -0.39 is 0 Å². The fourth-order valence-corrected chi connectivity index (χ4v) is 4.26. The minimum atomic E-state index is 0.185. The number of carbonyl (C=O) groups is 1. The van der Waals surface area contributed by atoms with Crippen LogP contribution < -0.4 is 0 Å². The zero-order valence-electron chi connectivity index (χ0n) is 14.7. The minimum Gasteiger partial charge on any atom is -0.306 e. The average Bonchev–Trinajstić information content (AvgIpc) is 3.36. The maximum absolute atomic E-state index is 13.4. The van der Waals surface area contributed by atoms with Gasteiger partial charge in [-0.25, -0.2) is 4.98 Å². The molecule has 3 heteroatoms. The van der Waals surface area contributed by atoms with Crippen molar-refractivity contribution in [2.45, 2.75) is 58.3 Å². The van der Waals surface area contributed by atoms with Crippen LogP contribution in [0.5, 0.6) is 0 Å². The van der Waals surface area contributed by atoms with Gasteiger partial charge in [0.25, 0.3) is 0 Å². The Hall–Kier alpha value is -1.90. The van der Waals surface area contributed by atoms with Crippen LogP contribution in [0.4, 0.5) is 0 Å². The van der Waals surface area contributed by atoms with E-state index in [0.29, 0.717) is 17.6 Å². The molecule has 4 rings (SSSR count). The second-order valence-electron chi connectivity index (χ2n) is 7.55. The molecule has 2 saturated carbocycles. The highest BCUT2D eigenvalue weighted by atomic mass is 16.1. The first-order chi connectivity index (χ1) is 11.7. The van der Waals surface area contributed by atoms with Gasteiger partial charge in [-0.15, -0.1) is 0 Å². The normalized spacial score (nSPS) is 25.2. The van der Waals surface area contributed by atoms with Gasteiger partial charge in [-0.05, 0) is 75.8 Å². The van der Waals surface area contributed by atoms with Gasteiger partial charge in [0, 0.05) is 17.7 Å². The molecule has 0 saturated heterocycles. The lowest BCUT2D eigenvalue weighted by atomic mass is 9.75. The summed E-state index contributed by atoms with van der Waals surface area (Å²) >= 11 is 0. The van der Waals surface area contributed by atoms with Gasteiger partial charge >= 0.3 is 0 Å². The zero-order chi connectivity index (χ0) is 16.7. The van der Waals surface area contributed by atoms with Crippen molar-refractivity contribution in [2.75, 3.05) is 0 Å². The minimum absolute atomic E-state index is 0.185.